The van der Waals surface area contributed by atoms with Gasteiger partial charge in [0.2, 0.25) is 5.91 Å². The van der Waals surface area contributed by atoms with E-state index >= 15 is 0 Å². The summed E-state index contributed by atoms with van der Waals surface area (Å²) in [6, 6.07) is 7.19. The van der Waals surface area contributed by atoms with Crippen molar-refractivity contribution in [1.82, 2.24) is 0 Å². The molecule has 14 heavy (non-hydrogen) atoms. The van der Waals surface area contributed by atoms with Gasteiger partial charge in [-0.25, -0.2) is 0 Å². The van der Waals surface area contributed by atoms with Crippen LogP contribution in [-0.4, -0.2) is 5.91 Å². The zero-order chi connectivity index (χ0) is 9.97. The molecule has 0 aromatic heterocycles. The van der Waals surface area contributed by atoms with Crippen LogP contribution in [0.3, 0.4) is 0 Å². The van der Waals surface area contributed by atoms with Crippen LogP contribution in [0.15, 0.2) is 24.3 Å². The van der Waals surface area contributed by atoms with Gasteiger partial charge in [0.05, 0.1) is 0 Å². The van der Waals surface area contributed by atoms with E-state index < -0.39 is 0 Å². The van der Waals surface area contributed by atoms with Gasteiger partial charge < -0.3 is 5.32 Å². The van der Waals surface area contributed by atoms with Crippen LogP contribution < -0.4 is 5.32 Å². The molecular formula is C11H12ClNO. The fourth-order valence-corrected chi connectivity index (χ4v) is 1.57. The lowest BCUT2D eigenvalue weighted by atomic mass is 9.85. The summed E-state index contributed by atoms with van der Waals surface area (Å²) >= 11 is 5.74. The van der Waals surface area contributed by atoms with Crippen molar-refractivity contribution in [2.24, 2.45) is 5.92 Å². The quantitative estimate of drug-likeness (QED) is 0.797. The first-order chi connectivity index (χ1) is 6.75. The van der Waals surface area contributed by atoms with Crippen LogP contribution in [-0.2, 0) is 4.79 Å². The Morgan fingerprint density at radius 1 is 1.29 bits per heavy atom. The molecule has 0 unspecified atom stereocenters. The number of halogens is 1. The molecule has 0 radical (unpaired) electrons. The van der Waals surface area contributed by atoms with Crippen LogP contribution in [0.1, 0.15) is 19.3 Å². The first kappa shape index (κ1) is 9.53. The Hall–Kier alpha value is -1.02. The van der Waals surface area contributed by atoms with Crippen molar-refractivity contribution in [3.05, 3.63) is 29.3 Å². The van der Waals surface area contributed by atoms with E-state index in [0.29, 0.717) is 5.02 Å². The van der Waals surface area contributed by atoms with E-state index in [4.69, 9.17) is 11.6 Å². The normalized spacial score (nSPS) is 16.1. The molecule has 2 nitrogen and oxygen atoms in total. The Balaban J connectivity index is 1.96. The summed E-state index contributed by atoms with van der Waals surface area (Å²) in [5, 5.41) is 3.56. The second-order valence-electron chi connectivity index (χ2n) is 3.62. The van der Waals surface area contributed by atoms with Crippen molar-refractivity contribution >= 4 is 23.2 Å². The SMILES string of the molecule is O=C(Nc1ccc(Cl)cc1)C1CCC1. The van der Waals surface area contributed by atoms with Gasteiger partial charge in [-0.1, -0.05) is 18.0 Å². The van der Waals surface area contributed by atoms with Gasteiger partial charge in [-0.2, -0.15) is 0 Å². The van der Waals surface area contributed by atoms with E-state index in [0.717, 1.165) is 18.5 Å². The third-order valence-corrected chi connectivity index (χ3v) is 2.84. The second kappa shape index (κ2) is 4.01. The van der Waals surface area contributed by atoms with Crippen LogP contribution in [0.5, 0.6) is 0 Å². The average molecular weight is 210 g/mol. The van der Waals surface area contributed by atoms with E-state index in [1.807, 2.05) is 12.1 Å². The highest BCUT2D eigenvalue weighted by atomic mass is 35.5. The molecule has 1 aromatic rings. The number of benzene rings is 1. The summed E-state index contributed by atoms with van der Waals surface area (Å²) in [4.78, 5) is 11.5. The molecule has 0 saturated heterocycles. The van der Waals surface area contributed by atoms with E-state index in [-0.39, 0.29) is 11.8 Å². The maximum atomic E-state index is 11.5. The van der Waals surface area contributed by atoms with Crippen molar-refractivity contribution in [2.75, 3.05) is 5.32 Å². The molecule has 0 spiro atoms. The molecule has 0 aliphatic heterocycles. The molecular weight excluding hydrogens is 198 g/mol. The molecule has 1 fully saturated rings. The Kier molecular flexibility index (Phi) is 2.73. The first-order valence-electron chi connectivity index (χ1n) is 4.82. The average Bonchev–Trinajstić information content (AvgIpc) is 2.06. The van der Waals surface area contributed by atoms with E-state index in [9.17, 15) is 4.79 Å². The van der Waals surface area contributed by atoms with Gasteiger partial charge in [0, 0.05) is 16.6 Å². The highest BCUT2D eigenvalue weighted by molar-refractivity contribution is 6.30. The molecule has 0 bridgehead atoms. The maximum absolute atomic E-state index is 11.5. The summed E-state index contributed by atoms with van der Waals surface area (Å²) in [5.74, 6) is 0.365. The third kappa shape index (κ3) is 2.07. The lowest BCUT2D eigenvalue weighted by Crippen LogP contribution is -2.27. The molecule has 1 aliphatic rings. The monoisotopic (exact) mass is 209 g/mol. The van der Waals surface area contributed by atoms with Gasteiger partial charge in [0.15, 0.2) is 0 Å². The largest absolute Gasteiger partial charge is 0.326 e. The molecule has 1 aliphatic carbocycles. The smallest absolute Gasteiger partial charge is 0.227 e. The molecule has 1 saturated carbocycles. The Morgan fingerprint density at radius 2 is 1.93 bits per heavy atom. The van der Waals surface area contributed by atoms with E-state index in [2.05, 4.69) is 5.32 Å². The highest BCUT2D eigenvalue weighted by Gasteiger charge is 2.24. The fourth-order valence-electron chi connectivity index (χ4n) is 1.45. The predicted octanol–water partition coefficient (Wildman–Crippen LogP) is 3.08. The summed E-state index contributed by atoms with van der Waals surface area (Å²) in [6.45, 7) is 0. The number of carbonyl (C=O) groups is 1. The molecule has 2 rings (SSSR count). The van der Waals surface area contributed by atoms with E-state index in [1.54, 1.807) is 12.1 Å². The zero-order valence-corrected chi connectivity index (χ0v) is 8.55. The lowest BCUT2D eigenvalue weighted by molar-refractivity contribution is -0.122. The first-order valence-corrected chi connectivity index (χ1v) is 5.20. The van der Waals surface area contributed by atoms with Gasteiger partial charge >= 0.3 is 0 Å². The molecule has 0 atom stereocenters. The van der Waals surface area contributed by atoms with Crippen LogP contribution >= 0.6 is 11.6 Å². The minimum Gasteiger partial charge on any atom is -0.326 e. The van der Waals surface area contributed by atoms with Crippen LogP contribution in [0.25, 0.3) is 0 Å². The Labute approximate surface area is 88.3 Å². The molecule has 0 heterocycles. The van der Waals surface area contributed by atoms with Crippen LogP contribution in [0.4, 0.5) is 5.69 Å². The fraction of sp³-hybridized carbons (Fsp3) is 0.364. The number of hydrogen-bond donors (Lipinski definition) is 1. The van der Waals surface area contributed by atoms with Crippen molar-refractivity contribution in [1.29, 1.82) is 0 Å². The van der Waals surface area contributed by atoms with Crippen molar-refractivity contribution in [3.8, 4) is 0 Å². The van der Waals surface area contributed by atoms with Crippen molar-refractivity contribution in [2.45, 2.75) is 19.3 Å². The van der Waals surface area contributed by atoms with Crippen LogP contribution in [0.2, 0.25) is 5.02 Å². The van der Waals surface area contributed by atoms with Crippen molar-refractivity contribution in [3.63, 3.8) is 0 Å². The highest BCUT2D eigenvalue weighted by Crippen LogP contribution is 2.27. The molecule has 3 heteroatoms. The maximum Gasteiger partial charge on any atom is 0.227 e. The Bertz CT molecular complexity index is 330. The molecule has 1 N–H and O–H groups in total. The molecule has 1 amide bonds. The number of rotatable bonds is 2. The number of anilines is 1. The van der Waals surface area contributed by atoms with Gasteiger partial charge in [-0.3, -0.25) is 4.79 Å². The minimum atomic E-state index is 0.138. The molecule has 74 valence electrons. The third-order valence-electron chi connectivity index (χ3n) is 2.59. The molecule has 1 aromatic carbocycles. The standard InChI is InChI=1S/C11H12ClNO/c12-9-4-6-10(7-5-9)13-11(14)8-2-1-3-8/h4-8H,1-3H2,(H,13,14). The van der Waals surface area contributed by atoms with Crippen molar-refractivity contribution < 1.29 is 4.79 Å². The minimum absolute atomic E-state index is 0.138. The summed E-state index contributed by atoms with van der Waals surface area (Å²) in [7, 11) is 0. The van der Waals surface area contributed by atoms with Crippen LogP contribution in [0, 0.1) is 5.92 Å². The predicted molar refractivity (Wildman–Crippen MR) is 57.4 cm³/mol. The second-order valence-corrected chi connectivity index (χ2v) is 4.06. The van der Waals surface area contributed by atoms with Gasteiger partial charge in [0.25, 0.3) is 0 Å². The zero-order valence-electron chi connectivity index (χ0n) is 7.79. The lowest BCUT2D eigenvalue weighted by Gasteiger charge is -2.23. The summed E-state index contributed by atoms with van der Waals surface area (Å²) in [6.07, 6.45) is 3.23. The number of carbonyl (C=O) groups excluding carboxylic acids is 1. The van der Waals surface area contributed by atoms with Gasteiger partial charge in [-0.15, -0.1) is 0 Å². The Morgan fingerprint density at radius 3 is 2.43 bits per heavy atom. The van der Waals surface area contributed by atoms with E-state index in [1.165, 1.54) is 6.42 Å². The number of hydrogen-bond acceptors (Lipinski definition) is 1. The van der Waals surface area contributed by atoms with Gasteiger partial charge in [-0.05, 0) is 37.1 Å². The summed E-state index contributed by atoms with van der Waals surface area (Å²) < 4.78 is 0. The van der Waals surface area contributed by atoms with Gasteiger partial charge in [0.1, 0.15) is 0 Å². The summed E-state index contributed by atoms with van der Waals surface area (Å²) in [5.41, 5.74) is 0.825. The number of amides is 1. The number of nitrogens with one attached hydrogen (secondary N) is 1. The topological polar surface area (TPSA) is 29.1 Å².